The summed E-state index contributed by atoms with van der Waals surface area (Å²) >= 11 is 11.7. The molecule has 0 saturated carbocycles. The van der Waals surface area contributed by atoms with Crippen LogP contribution in [0.1, 0.15) is 10.4 Å². The standard InChI is InChI=1S/C16H8Cl2N2O5/c17-9-1-3-11(12(18)7-9)15(21)19-13-6-8-5-10(20(23)24)2-4-14(8)25-16(13)22/h1-7H,(H,19,21). The minimum atomic E-state index is -0.792. The van der Waals surface area contributed by atoms with Crippen LogP contribution in [0.2, 0.25) is 10.0 Å². The van der Waals surface area contributed by atoms with Crippen molar-refractivity contribution in [3.05, 3.63) is 78.6 Å². The quantitative estimate of drug-likeness (QED) is 0.416. The Kier molecular flexibility index (Phi) is 4.43. The molecule has 0 aliphatic rings. The van der Waals surface area contributed by atoms with Crippen molar-refractivity contribution >= 4 is 51.5 Å². The molecular weight excluding hydrogens is 371 g/mol. The number of hydrogen-bond donors (Lipinski definition) is 1. The van der Waals surface area contributed by atoms with Gasteiger partial charge in [-0.3, -0.25) is 14.9 Å². The van der Waals surface area contributed by atoms with Crippen molar-refractivity contribution in [2.24, 2.45) is 0 Å². The Labute approximate surface area is 149 Å². The van der Waals surface area contributed by atoms with E-state index in [2.05, 4.69) is 5.32 Å². The Balaban J connectivity index is 2.00. The van der Waals surface area contributed by atoms with Crippen molar-refractivity contribution in [1.29, 1.82) is 0 Å². The molecule has 0 aliphatic carbocycles. The first kappa shape index (κ1) is 16.9. The van der Waals surface area contributed by atoms with Crippen LogP contribution < -0.4 is 10.9 Å². The molecule has 0 bridgehead atoms. The SMILES string of the molecule is O=C(Nc1cc2cc([N+](=O)[O-])ccc2oc1=O)c1ccc(Cl)cc1Cl. The van der Waals surface area contributed by atoms with Crippen LogP contribution in [0, 0.1) is 10.1 Å². The fourth-order valence-electron chi connectivity index (χ4n) is 2.17. The maximum Gasteiger partial charge on any atom is 0.360 e. The lowest BCUT2D eigenvalue weighted by atomic mass is 10.2. The third-order valence-electron chi connectivity index (χ3n) is 3.35. The van der Waals surface area contributed by atoms with Crippen LogP contribution in [0.5, 0.6) is 0 Å². The number of benzene rings is 2. The van der Waals surface area contributed by atoms with Crippen molar-refractivity contribution < 1.29 is 14.1 Å². The van der Waals surface area contributed by atoms with Crippen molar-refractivity contribution in [1.82, 2.24) is 0 Å². The zero-order valence-corrected chi connectivity index (χ0v) is 13.8. The second-order valence-corrected chi connectivity index (χ2v) is 5.85. The van der Waals surface area contributed by atoms with Crippen LogP contribution in [0.25, 0.3) is 11.0 Å². The number of nitro groups is 1. The van der Waals surface area contributed by atoms with Gasteiger partial charge in [0, 0.05) is 22.5 Å². The van der Waals surface area contributed by atoms with Crippen LogP contribution in [-0.2, 0) is 0 Å². The van der Waals surface area contributed by atoms with E-state index in [9.17, 15) is 19.7 Å². The highest BCUT2D eigenvalue weighted by Gasteiger charge is 2.15. The Bertz CT molecular complexity index is 1080. The number of hydrogen-bond acceptors (Lipinski definition) is 5. The van der Waals surface area contributed by atoms with E-state index < -0.39 is 16.5 Å². The molecule has 126 valence electrons. The van der Waals surface area contributed by atoms with Gasteiger partial charge >= 0.3 is 5.63 Å². The Morgan fingerprint density at radius 1 is 1.12 bits per heavy atom. The van der Waals surface area contributed by atoms with Gasteiger partial charge in [-0.05, 0) is 30.3 Å². The van der Waals surface area contributed by atoms with Crippen molar-refractivity contribution in [2.75, 3.05) is 5.32 Å². The summed E-state index contributed by atoms with van der Waals surface area (Å²) < 4.78 is 5.07. The van der Waals surface area contributed by atoms with Crippen molar-refractivity contribution in [2.45, 2.75) is 0 Å². The summed E-state index contributed by atoms with van der Waals surface area (Å²) in [6, 6.07) is 9.36. The molecule has 7 nitrogen and oxygen atoms in total. The molecule has 3 rings (SSSR count). The van der Waals surface area contributed by atoms with E-state index in [1.807, 2.05) is 0 Å². The minimum Gasteiger partial charge on any atom is -0.421 e. The van der Waals surface area contributed by atoms with E-state index in [0.29, 0.717) is 10.4 Å². The van der Waals surface area contributed by atoms with Crippen LogP contribution in [0.15, 0.2) is 51.7 Å². The Hall–Kier alpha value is -2.90. The third-order valence-corrected chi connectivity index (χ3v) is 3.90. The fourth-order valence-corrected chi connectivity index (χ4v) is 2.67. The lowest BCUT2D eigenvalue weighted by molar-refractivity contribution is -0.384. The van der Waals surface area contributed by atoms with Gasteiger partial charge in [0.05, 0.1) is 15.5 Å². The summed E-state index contributed by atoms with van der Waals surface area (Å²) in [6.45, 7) is 0. The molecule has 0 radical (unpaired) electrons. The summed E-state index contributed by atoms with van der Waals surface area (Å²) in [5.74, 6) is -0.640. The average molecular weight is 379 g/mol. The maximum atomic E-state index is 12.3. The number of fused-ring (bicyclic) bond motifs is 1. The van der Waals surface area contributed by atoms with Gasteiger partial charge in [0.15, 0.2) is 0 Å². The number of nitrogens with zero attached hydrogens (tertiary/aromatic N) is 1. The Morgan fingerprint density at radius 2 is 1.88 bits per heavy atom. The molecule has 1 heterocycles. The van der Waals surface area contributed by atoms with Gasteiger partial charge in [0.1, 0.15) is 11.3 Å². The molecule has 0 aliphatic heterocycles. The monoisotopic (exact) mass is 378 g/mol. The zero-order chi connectivity index (χ0) is 18.1. The molecule has 25 heavy (non-hydrogen) atoms. The number of non-ortho nitro benzene ring substituents is 1. The number of anilines is 1. The summed E-state index contributed by atoms with van der Waals surface area (Å²) in [5.41, 5.74) is -0.842. The fraction of sp³-hybridized carbons (Fsp3) is 0. The third kappa shape index (κ3) is 3.47. The highest BCUT2D eigenvalue weighted by molar-refractivity contribution is 6.37. The predicted molar refractivity (Wildman–Crippen MR) is 93.6 cm³/mol. The second-order valence-electron chi connectivity index (χ2n) is 5.01. The highest BCUT2D eigenvalue weighted by atomic mass is 35.5. The molecule has 1 N–H and O–H groups in total. The van der Waals surface area contributed by atoms with E-state index in [0.717, 1.165) is 0 Å². The molecule has 1 aromatic heterocycles. The molecule has 0 unspecified atom stereocenters. The average Bonchev–Trinajstić information content (AvgIpc) is 2.54. The van der Waals surface area contributed by atoms with Crippen LogP contribution in [-0.4, -0.2) is 10.8 Å². The van der Waals surface area contributed by atoms with E-state index in [1.54, 1.807) is 0 Å². The molecule has 0 atom stereocenters. The first-order valence-corrected chi connectivity index (χ1v) is 7.59. The van der Waals surface area contributed by atoms with E-state index in [4.69, 9.17) is 27.6 Å². The number of nitro benzene ring substituents is 1. The molecule has 1 amide bonds. The van der Waals surface area contributed by atoms with Gasteiger partial charge in [-0.1, -0.05) is 23.2 Å². The zero-order valence-electron chi connectivity index (χ0n) is 12.3. The van der Waals surface area contributed by atoms with Gasteiger partial charge in [0.25, 0.3) is 11.6 Å². The molecule has 0 saturated heterocycles. The van der Waals surface area contributed by atoms with E-state index in [1.165, 1.54) is 42.5 Å². The largest absolute Gasteiger partial charge is 0.421 e. The highest BCUT2D eigenvalue weighted by Crippen LogP contribution is 2.24. The van der Waals surface area contributed by atoms with Crippen LogP contribution in [0.3, 0.4) is 0 Å². The first-order valence-electron chi connectivity index (χ1n) is 6.84. The smallest absolute Gasteiger partial charge is 0.360 e. The lowest BCUT2D eigenvalue weighted by Crippen LogP contribution is -2.18. The number of rotatable bonds is 3. The number of carbonyl (C=O) groups is 1. The van der Waals surface area contributed by atoms with Gasteiger partial charge in [-0.2, -0.15) is 0 Å². The summed E-state index contributed by atoms with van der Waals surface area (Å²) in [4.78, 5) is 34.5. The van der Waals surface area contributed by atoms with E-state index >= 15 is 0 Å². The topological polar surface area (TPSA) is 102 Å². The van der Waals surface area contributed by atoms with Crippen LogP contribution in [0.4, 0.5) is 11.4 Å². The molecule has 3 aromatic rings. The number of amides is 1. The van der Waals surface area contributed by atoms with Crippen LogP contribution >= 0.6 is 23.2 Å². The summed E-state index contributed by atoms with van der Waals surface area (Å²) in [6.07, 6.45) is 0. The summed E-state index contributed by atoms with van der Waals surface area (Å²) in [7, 11) is 0. The van der Waals surface area contributed by atoms with Crippen molar-refractivity contribution in [3.8, 4) is 0 Å². The number of nitrogens with one attached hydrogen (secondary N) is 1. The van der Waals surface area contributed by atoms with E-state index in [-0.39, 0.29) is 27.5 Å². The van der Waals surface area contributed by atoms with Gasteiger partial charge < -0.3 is 9.73 Å². The minimum absolute atomic E-state index is 0.115. The summed E-state index contributed by atoms with van der Waals surface area (Å²) in [5, 5.41) is 14.0. The van der Waals surface area contributed by atoms with Gasteiger partial charge in [-0.15, -0.1) is 0 Å². The predicted octanol–water partition coefficient (Wildman–Crippen LogP) is 4.26. The molecule has 0 spiro atoms. The number of carbonyl (C=O) groups excluding carboxylic acids is 1. The first-order chi connectivity index (χ1) is 11.8. The molecule has 9 heteroatoms. The molecular formula is C16H8Cl2N2O5. The number of halogens is 2. The van der Waals surface area contributed by atoms with Gasteiger partial charge in [-0.25, -0.2) is 4.79 Å². The lowest BCUT2D eigenvalue weighted by Gasteiger charge is -2.07. The second kappa shape index (κ2) is 6.54. The molecule has 2 aromatic carbocycles. The normalized spacial score (nSPS) is 10.6. The van der Waals surface area contributed by atoms with Gasteiger partial charge in [0.2, 0.25) is 0 Å². The van der Waals surface area contributed by atoms with Crippen molar-refractivity contribution in [3.63, 3.8) is 0 Å². The molecule has 0 fully saturated rings. The Morgan fingerprint density at radius 3 is 2.56 bits per heavy atom. The maximum absolute atomic E-state index is 12.3.